The molecule has 4 rings (SSSR count). The third-order valence-electron chi connectivity index (χ3n) is 5.88. The topological polar surface area (TPSA) is 66.5 Å². The van der Waals surface area contributed by atoms with Gasteiger partial charge < -0.3 is 14.7 Å². The number of aliphatic imine (C=N–C) groups is 1. The molecular formula is C21H28ClN5O. The van der Waals surface area contributed by atoms with E-state index < -0.39 is 0 Å². The van der Waals surface area contributed by atoms with Crippen LogP contribution in [0.3, 0.4) is 0 Å². The van der Waals surface area contributed by atoms with Crippen molar-refractivity contribution in [1.82, 2.24) is 20.4 Å². The van der Waals surface area contributed by atoms with Crippen molar-refractivity contribution in [2.45, 2.75) is 45.4 Å². The molecule has 0 amide bonds. The van der Waals surface area contributed by atoms with Crippen LogP contribution in [0.2, 0.25) is 5.02 Å². The maximum atomic E-state index is 6.04. The molecule has 0 unspecified atom stereocenters. The molecule has 2 fully saturated rings. The zero-order chi connectivity index (χ0) is 19.4. The van der Waals surface area contributed by atoms with Gasteiger partial charge in [0.25, 0.3) is 0 Å². The van der Waals surface area contributed by atoms with E-state index in [0.717, 1.165) is 31.2 Å². The first kappa shape index (κ1) is 19.2. The van der Waals surface area contributed by atoms with Gasteiger partial charge in [-0.2, -0.15) is 4.98 Å². The maximum absolute atomic E-state index is 6.04. The first-order chi connectivity index (χ1) is 13.7. The zero-order valence-corrected chi connectivity index (χ0v) is 17.2. The Labute approximate surface area is 171 Å². The molecule has 150 valence electrons. The van der Waals surface area contributed by atoms with Gasteiger partial charge in [-0.25, -0.2) is 0 Å². The summed E-state index contributed by atoms with van der Waals surface area (Å²) in [7, 11) is 0. The van der Waals surface area contributed by atoms with Crippen LogP contribution in [0.5, 0.6) is 0 Å². The Morgan fingerprint density at radius 2 is 2.18 bits per heavy atom. The first-order valence-electron chi connectivity index (χ1n) is 10.3. The summed E-state index contributed by atoms with van der Waals surface area (Å²) in [6, 6.07) is 7.48. The van der Waals surface area contributed by atoms with Crippen LogP contribution in [-0.2, 0) is 6.42 Å². The quantitative estimate of drug-likeness (QED) is 0.601. The predicted molar refractivity (Wildman–Crippen MR) is 112 cm³/mol. The largest absolute Gasteiger partial charge is 0.357 e. The minimum absolute atomic E-state index is 0.536. The van der Waals surface area contributed by atoms with E-state index in [2.05, 4.69) is 27.3 Å². The average molecular weight is 402 g/mol. The van der Waals surface area contributed by atoms with Crippen molar-refractivity contribution < 1.29 is 4.52 Å². The molecule has 1 N–H and O–H groups in total. The minimum atomic E-state index is 0.536. The Kier molecular flexibility index (Phi) is 5.85. The molecule has 7 heteroatoms. The molecule has 1 aliphatic carbocycles. The molecule has 1 saturated carbocycles. The molecule has 1 aromatic heterocycles. The number of halogens is 1. The molecular weight excluding hydrogens is 374 g/mol. The van der Waals surface area contributed by atoms with Crippen molar-refractivity contribution in [2.24, 2.45) is 10.4 Å². The summed E-state index contributed by atoms with van der Waals surface area (Å²) in [4.78, 5) is 11.7. The fourth-order valence-corrected chi connectivity index (χ4v) is 4.62. The van der Waals surface area contributed by atoms with Gasteiger partial charge in [0, 0.05) is 36.6 Å². The van der Waals surface area contributed by atoms with Crippen LogP contribution < -0.4 is 5.32 Å². The van der Waals surface area contributed by atoms with Crippen molar-refractivity contribution in [3.05, 3.63) is 35.2 Å². The van der Waals surface area contributed by atoms with Gasteiger partial charge in [-0.15, -0.1) is 0 Å². The number of nitrogens with zero attached hydrogens (tertiary/aromatic N) is 4. The number of benzene rings is 1. The highest BCUT2D eigenvalue weighted by Gasteiger charge is 2.41. The molecule has 2 aromatic rings. The molecule has 1 spiro atoms. The summed E-state index contributed by atoms with van der Waals surface area (Å²) in [6.45, 7) is 5.86. The normalized spacial score (nSPS) is 18.9. The van der Waals surface area contributed by atoms with Crippen molar-refractivity contribution in [1.29, 1.82) is 0 Å². The van der Waals surface area contributed by atoms with Gasteiger partial charge in [-0.1, -0.05) is 41.7 Å². The average Bonchev–Trinajstić information content (AvgIpc) is 3.44. The number of guanidine groups is 1. The Morgan fingerprint density at radius 1 is 1.32 bits per heavy atom. The summed E-state index contributed by atoms with van der Waals surface area (Å²) in [5.74, 6) is 2.18. The van der Waals surface area contributed by atoms with Crippen LogP contribution in [0.15, 0.2) is 33.8 Å². The SMILES string of the molecule is CCNC(=NCCc1nc(-c2cccc(Cl)c2)no1)N1CCC2(CCCC2)C1. The summed E-state index contributed by atoms with van der Waals surface area (Å²) >= 11 is 6.04. The number of hydrogen-bond donors (Lipinski definition) is 1. The molecule has 0 bridgehead atoms. The Balaban J connectivity index is 1.37. The number of hydrogen-bond acceptors (Lipinski definition) is 4. The van der Waals surface area contributed by atoms with Gasteiger partial charge in [0.15, 0.2) is 5.96 Å². The second-order valence-electron chi connectivity index (χ2n) is 7.89. The first-order valence-corrected chi connectivity index (χ1v) is 10.7. The van der Waals surface area contributed by atoms with Crippen LogP contribution >= 0.6 is 11.6 Å². The third-order valence-corrected chi connectivity index (χ3v) is 6.11. The molecule has 2 aliphatic rings. The number of rotatable bonds is 5. The van der Waals surface area contributed by atoms with Crippen molar-refractivity contribution in [3.8, 4) is 11.4 Å². The summed E-state index contributed by atoms with van der Waals surface area (Å²) in [6.07, 6.45) is 7.43. The number of aromatic nitrogens is 2. The van der Waals surface area contributed by atoms with E-state index in [1.807, 2.05) is 24.3 Å². The van der Waals surface area contributed by atoms with Crippen LogP contribution in [0.4, 0.5) is 0 Å². The van der Waals surface area contributed by atoms with E-state index in [4.69, 9.17) is 21.1 Å². The molecule has 1 aliphatic heterocycles. The fraction of sp³-hybridized carbons (Fsp3) is 0.571. The van der Waals surface area contributed by atoms with Crippen LogP contribution in [0.1, 0.15) is 44.9 Å². The maximum Gasteiger partial charge on any atom is 0.228 e. The van der Waals surface area contributed by atoms with Crippen molar-refractivity contribution >= 4 is 17.6 Å². The van der Waals surface area contributed by atoms with Crippen LogP contribution in [-0.4, -0.2) is 47.2 Å². The molecule has 1 saturated heterocycles. The van der Waals surface area contributed by atoms with E-state index in [1.165, 1.54) is 32.1 Å². The number of likely N-dealkylation sites (tertiary alicyclic amines) is 1. The highest BCUT2D eigenvalue weighted by Crippen LogP contribution is 2.45. The van der Waals surface area contributed by atoms with Crippen molar-refractivity contribution in [2.75, 3.05) is 26.2 Å². The highest BCUT2D eigenvalue weighted by molar-refractivity contribution is 6.30. The van der Waals surface area contributed by atoms with E-state index in [9.17, 15) is 0 Å². The second-order valence-corrected chi connectivity index (χ2v) is 8.32. The van der Waals surface area contributed by atoms with Crippen molar-refractivity contribution in [3.63, 3.8) is 0 Å². The fourth-order valence-electron chi connectivity index (χ4n) is 4.43. The number of nitrogens with one attached hydrogen (secondary N) is 1. The van der Waals surface area contributed by atoms with Gasteiger partial charge in [0.1, 0.15) is 0 Å². The van der Waals surface area contributed by atoms with Gasteiger partial charge >= 0.3 is 0 Å². The molecule has 6 nitrogen and oxygen atoms in total. The Bertz CT molecular complexity index is 828. The van der Waals surface area contributed by atoms with Gasteiger partial charge in [0.05, 0.1) is 6.54 Å². The summed E-state index contributed by atoms with van der Waals surface area (Å²) in [5.41, 5.74) is 1.40. The van der Waals surface area contributed by atoms with E-state index in [0.29, 0.717) is 35.1 Å². The van der Waals surface area contributed by atoms with Gasteiger partial charge in [-0.3, -0.25) is 4.99 Å². The monoisotopic (exact) mass is 401 g/mol. The van der Waals surface area contributed by atoms with Crippen LogP contribution in [0, 0.1) is 5.41 Å². The van der Waals surface area contributed by atoms with E-state index in [1.54, 1.807) is 0 Å². The lowest BCUT2D eigenvalue weighted by atomic mass is 9.86. The lowest BCUT2D eigenvalue weighted by Crippen LogP contribution is -2.41. The zero-order valence-electron chi connectivity index (χ0n) is 16.5. The second kappa shape index (κ2) is 8.52. The van der Waals surface area contributed by atoms with Crippen LogP contribution in [0.25, 0.3) is 11.4 Å². The summed E-state index contributed by atoms with van der Waals surface area (Å²) < 4.78 is 5.39. The molecule has 1 aromatic carbocycles. The van der Waals surface area contributed by atoms with Gasteiger partial charge in [0.2, 0.25) is 11.7 Å². The highest BCUT2D eigenvalue weighted by atomic mass is 35.5. The standard InChI is InChI=1S/C21H28ClN5O/c1-2-23-20(27-13-11-21(15-27)9-3-4-10-21)24-12-8-18-25-19(26-28-18)16-6-5-7-17(22)14-16/h5-7,14H,2-4,8-13,15H2,1H3,(H,23,24). The lowest BCUT2D eigenvalue weighted by Gasteiger charge is -2.25. The summed E-state index contributed by atoms with van der Waals surface area (Å²) in [5, 5.41) is 8.18. The smallest absolute Gasteiger partial charge is 0.228 e. The Hall–Kier alpha value is -2.08. The van der Waals surface area contributed by atoms with E-state index in [-0.39, 0.29) is 0 Å². The Morgan fingerprint density at radius 3 is 2.96 bits per heavy atom. The minimum Gasteiger partial charge on any atom is -0.357 e. The third kappa shape index (κ3) is 4.32. The molecule has 0 radical (unpaired) electrons. The molecule has 2 heterocycles. The predicted octanol–water partition coefficient (Wildman–Crippen LogP) is 4.16. The lowest BCUT2D eigenvalue weighted by molar-refractivity contribution is 0.309. The molecule has 0 atom stereocenters. The van der Waals surface area contributed by atoms with E-state index >= 15 is 0 Å². The molecule has 28 heavy (non-hydrogen) atoms. The van der Waals surface area contributed by atoms with Gasteiger partial charge in [-0.05, 0) is 43.7 Å².